The number of hydrogen-bond acceptors (Lipinski definition) is 4. The first kappa shape index (κ1) is 26.6. The van der Waals surface area contributed by atoms with Crippen molar-refractivity contribution >= 4 is 22.7 Å². The Morgan fingerprint density at radius 1 is 0.775 bits per heavy atom. The van der Waals surface area contributed by atoms with Gasteiger partial charge in [-0.2, -0.15) is 0 Å². The van der Waals surface area contributed by atoms with Gasteiger partial charge in [-0.05, 0) is 30.2 Å². The number of para-hydroxylation sites is 1. The van der Waals surface area contributed by atoms with Crippen LogP contribution in [-0.4, -0.2) is 29.9 Å². The molecule has 1 heterocycles. The molecule has 2 N–H and O–H groups in total. The van der Waals surface area contributed by atoms with Crippen LogP contribution in [0.25, 0.3) is 22.2 Å². The van der Waals surface area contributed by atoms with Crippen molar-refractivity contribution in [3.63, 3.8) is 0 Å². The molecule has 5 aromatic rings. The molecule has 6 heteroatoms. The molecule has 1 aromatic heterocycles. The average Bonchev–Trinajstić information content (AvgIpc) is 3.02. The maximum Gasteiger partial charge on any atom is 0.256 e. The first-order valence-electron chi connectivity index (χ1n) is 13.5. The van der Waals surface area contributed by atoms with Gasteiger partial charge in [-0.3, -0.25) is 9.59 Å². The van der Waals surface area contributed by atoms with E-state index in [1.165, 1.54) is 0 Å². The lowest BCUT2D eigenvalue weighted by Crippen LogP contribution is -2.30. The zero-order valence-corrected chi connectivity index (χ0v) is 22.3. The van der Waals surface area contributed by atoms with Crippen LogP contribution in [0.4, 0.5) is 0 Å². The molecule has 1 atom stereocenters. The molecule has 4 aromatic carbocycles. The molecule has 6 nitrogen and oxygen atoms in total. The highest BCUT2D eigenvalue weighted by Gasteiger charge is 2.25. The van der Waals surface area contributed by atoms with Gasteiger partial charge in [-0.15, -0.1) is 0 Å². The topological polar surface area (TPSA) is 80.3 Å². The Balaban J connectivity index is 1.50. The second-order valence-corrected chi connectivity index (χ2v) is 9.36. The summed E-state index contributed by atoms with van der Waals surface area (Å²) in [5.74, 6) is -0.0372. The Labute approximate surface area is 234 Å². The molecule has 0 unspecified atom stereocenters. The number of ether oxygens (including phenoxy) is 1. The molecule has 0 spiro atoms. The number of carbonyl (C=O) groups is 2. The maximum atomic E-state index is 14.0. The van der Waals surface area contributed by atoms with E-state index in [1.54, 1.807) is 12.1 Å². The van der Waals surface area contributed by atoms with Gasteiger partial charge >= 0.3 is 0 Å². The van der Waals surface area contributed by atoms with Crippen molar-refractivity contribution in [2.75, 3.05) is 13.2 Å². The van der Waals surface area contributed by atoms with E-state index >= 15 is 0 Å². The molecule has 0 aliphatic rings. The summed E-state index contributed by atoms with van der Waals surface area (Å²) in [6.45, 7) is 2.47. The minimum atomic E-state index is -0.241. The number of nitrogens with one attached hydrogen (secondary N) is 2. The van der Waals surface area contributed by atoms with E-state index in [4.69, 9.17) is 9.72 Å². The van der Waals surface area contributed by atoms with Crippen molar-refractivity contribution in [3.05, 3.63) is 132 Å². The minimum Gasteiger partial charge on any atom is -0.489 e. The minimum absolute atomic E-state index is 0.161. The first-order valence-corrected chi connectivity index (χ1v) is 13.5. The fraction of sp³-hybridized carbons (Fsp3) is 0.147. The van der Waals surface area contributed by atoms with E-state index in [2.05, 4.69) is 10.6 Å². The van der Waals surface area contributed by atoms with Crippen molar-refractivity contribution in [1.29, 1.82) is 0 Å². The molecule has 5 rings (SSSR count). The molecule has 2 amide bonds. The molecule has 0 aliphatic heterocycles. The molecule has 0 radical (unpaired) electrons. The van der Waals surface area contributed by atoms with Crippen molar-refractivity contribution in [1.82, 2.24) is 15.6 Å². The normalized spacial score (nSPS) is 11.5. The molecule has 200 valence electrons. The fourth-order valence-electron chi connectivity index (χ4n) is 4.70. The van der Waals surface area contributed by atoms with Crippen LogP contribution >= 0.6 is 0 Å². The summed E-state index contributed by atoms with van der Waals surface area (Å²) in [4.78, 5) is 31.5. The maximum absolute atomic E-state index is 14.0. The summed E-state index contributed by atoms with van der Waals surface area (Å²) in [7, 11) is 0. The predicted octanol–water partition coefficient (Wildman–Crippen LogP) is 6.59. The van der Waals surface area contributed by atoms with Crippen molar-refractivity contribution in [3.8, 4) is 17.0 Å². The van der Waals surface area contributed by atoms with Gasteiger partial charge in [0.2, 0.25) is 0 Å². The molecular formula is C34H31N3O3. The lowest BCUT2D eigenvalue weighted by atomic mass is 10.00. The SMILES string of the molecule is CC[C@H](NC(=O)c1c(OCCNC(=O)c2ccccc2)c(-c2ccccc2)nc2ccccc12)c1ccccc1. The predicted molar refractivity (Wildman–Crippen MR) is 158 cm³/mol. The van der Waals surface area contributed by atoms with Crippen LogP contribution in [0.1, 0.15) is 45.7 Å². The molecule has 0 fully saturated rings. The third-order valence-electron chi connectivity index (χ3n) is 6.71. The van der Waals surface area contributed by atoms with Crippen LogP contribution in [0.15, 0.2) is 115 Å². The Bertz CT molecular complexity index is 1590. The number of amides is 2. The number of hydrogen-bond donors (Lipinski definition) is 2. The van der Waals surface area contributed by atoms with Crippen LogP contribution in [0, 0.1) is 0 Å². The molecular weight excluding hydrogens is 498 g/mol. The fourth-order valence-corrected chi connectivity index (χ4v) is 4.70. The Kier molecular flexibility index (Phi) is 8.47. The molecule has 0 saturated carbocycles. The van der Waals surface area contributed by atoms with Gasteiger partial charge in [0.05, 0.1) is 23.7 Å². The zero-order valence-electron chi connectivity index (χ0n) is 22.3. The summed E-state index contributed by atoms with van der Waals surface area (Å²) in [6, 6.07) is 36.1. The Hall–Kier alpha value is -4.97. The van der Waals surface area contributed by atoms with Crippen LogP contribution in [0.5, 0.6) is 5.75 Å². The lowest BCUT2D eigenvalue weighted by Gasteiger charge is -2.21. The second kappa shape index (κ2) is 12.7. The summed E-state index contributed by atoms with van der Waals surface area (Å²) >= 11 is 0. The third-order valence-corrected chi connectivity index (χ3v) is 6.71. The lowest BCUT2D eigenvalue weighted by molar-refractivity contribution is 0.0923. The third kappa shape index (κ3) is 6.02. The number of carbonyl (C=O) groups excluding carboxylic acids is 2. The van der Waals surface area contributed by atoms with Gasteiger partial charge in [0.1, 0.15) is 12.3 Å². The smallest absolute Gasteiger partial charge is 0.256 e. The average molecular weight is 530 g/mol. The Morgan fingerprint density at radius 3 is 2.10 bits per heavy atom. The Morgan fingerprint density at radius 2 is 1.40 bits per heavy atom. The van der Waals surface area contributed by atoms with Crippen LogP contribution < -0.4 is 15.4 Å². The van der Waals surface area contributed by atoms with Crippen molar-refractivity contribution in [2.24, 2.45) is 0 Å². The summed E-state index contributed by atoms with van der Waals surface area (Å²) in [5.41, 5.74) is 4.14. The van der Waals surface area contributed by atoms with Gasteiger partial charge in [0.25, 0.3) is 11.8 Å². The molecule has 0 aliphatic carbocycles. The van der Waals surface area contributed by atoms with Gasteiger partial charge in [0, 0.05) is 16.5 Å². The summed E-state index contributed by atoms with van der Waals surface area (Å²) in [5, 5.41) is 6.82. The summed E-state index contributed by atoms with van der Waals surface area (Å²) in [6.07, 6.45) is 0.728. The number of pyridine rings is 1. The molecule has 0 saturated heterocycles. The van der Waals surface area contributed by atoms with Gasteiger partial charge in [-0.1, -0.05) is 104 Å². The van der Waals surface area contributed by atoms with Gasteiger partial charge < -0.3 is 15.4 Å². The number of fused-ring (bicyclic) bond motifs is 1. The highest BCUT2D eigenvalue weighted by Crippen LogP contribution is 2.37. The number of aromatic nitrogens is 1. The van der Waals surface area contributed by atoms with Crippen LogP contribution in [0.3, 0.4) is 0 Å². The number of nitrogens with zero attached hydrogens (tertiary/aromatic N) is 1. The van der Waals surface area contributed by atoms with Crippen molar-refractivity contribution in [2.45, 2.75) is 19.4 Å². The van der Waals surface area contributed by atoms with E-state index in [0.29, 0.717) is 33.5 Å². The highest BCUT2D eigenvalue weighted by molar-refractivity contribution is 6.10. The van der Waals surface area contributed by atoms with Gasteiger partial charge in [-0.25, -0.2) is 4.98 Å². The standard InChI is InChI=1S/C34H31N3O3/c1-2-28(24-14-6-3-7-15-24)37-34(39)30-27-20-12-13-21-29(27)36-31(25-16-8-4-9-17-25)32(30)40-23-22-35-33(38)26-18-10-5-11-19-26/h3-21,28H,2,22-23H2,1H3,(H,35,38)(H,37,39)/t28-/m0/s1. The van der Waals surface area contributed by atoms with Gasteiger partial charge in [0.15, 0.2) is 5.75 Å². The largest absolute Gasteiger partial charge is 0.489 e. The van der Waals surface area contributed by atoms with E-state index in [-0.39, 0.29) is 31.0 Å². The van der Waals surface area contributed by atoms with Crippen LogP contribution in [0.2, 0.25) is 0 Å². The first-order chi connectivity index (χ1) is 19.7. The van der Waals surface area contributed by atoms with Crippen LogP contribution in [-0.2, 0) is 0 Å². The monoisotopic (exact) mass is 529 g/mol. The second-order valence-electron chi connectivity index (χ2n) is 9.36. The summed E-state index contributed by atoms with van der Waals surface area (Å²) < 4.78 is 6.32. The number of rotatable bonds is 10. The zero-order chi connectivity index (χ0) is 27.7. The number of benzene rings is 4. The highest BCUT2D eigenvalue weighted by atomic mass is 16.5. The van der Waals surface area contributed by atoms with E-state index in [0.717, 1.165) is 17.5 Å². The quantitative estimate of drug-likeness (QED) is 0.200. The van der Waals surface area contributed by atoms with E-state index < -0.39 is 0 Å². The van der Waals surface area contributed by atoms with Crippen molar-refractivity contribution < 1.29 is 14.3 Å². The molecule has 40 heavy (non-hydrogen) atoms. The van der Waals surface area contributed by atoms with E-state index in [1.807, 2.05) is 110 Å². The molecule has 0 bridgehead atoms. The van der Waals surface area contributed by atoms with E-state index in [9.17, 15) is 9.59 Å².